The molecule has 148 valence electrons. The van der Waals surface area contributed by atoms with Crippen LogP contribution in [0.3, 0.4) is 0 Å². The molecular weight excluding hydrogens is 357 g/mol. The first-order valence-electron chi connectivity index (χ1n) is 9.78. The lowest BCUT2D eigenvalue weighted by molar-refractivity contribution is -0.153. The smallest absolute Gasteiger partial charge is 0.317 e. The Kier molecular flexibility index (Phi) is 6.12. The molecule has 2 aromatic rings. The molecule has 28 heavy (non-hydrogen) atoms. The van der Waals surface area contributed by atoms with E-state index in [-0.39, 0.29) is 18.3 Å². The zero-order chi connectivity index (χ0) is 20.1. The molecule has 0 unspecified atom stereocenters. The van der Waals surface area contributed by atoms with E-state index in [0.717, 1.165) is 36.1 Å². The van der Waals surface area contributed by atoms with Gasteiger partial charge in [0.05, 0.1) is 5.41 Å². The van der Waals surface area contributed by atoms with Crippen LogP contribution in [0, 0.1) is 12.7 Å². The Morgan fingerprint density at radius 2 is 1.86 bits per heavy atom. The Morgan fingerprint density at radius 1 is 1.14 bits per heavy atom. The summed E-state index contributed by atoms with van der Waals surface area (Å²) in [6.07, 6.45) is 3.75. The minimum absolute atomic E-state index is 0.354. The number of carbonyl (C=O) groups excluding carboxylic acids is 2. The molecule has 0 spiro atoms. The summed E-state index contributed by atoms with van der Waals surface area (Å²) < 4.78 is 19.1. The number of hydrogen-bond donors (Lipinski definition) is 1. The van der Waals surface area contributed by atoms with Crippen LogP contribution in [0.25, 0.3) is 0 Å². The highest BCUT2D eigenvalue weighted by molar-refractivity contribution is 5.95. The van der Waals surface area contributed by atoms with Gasteiger partial charge in [0.15, 0.2) is 6.61 Å². The Labute approximate surface area is 165 Å². The van der Waals surface area contributed by atoms with E-state index in [1.165, 1.54) is 12.1 Å². The maximum Gasteiger partial charge on any atom is 0.317 e. The minimum atomic E-state index is -0.861. The van der Waals surface area contributed by atoms with Gasteiger partial charge in [-0.05, 0) is 55.0 Å². The van der Waals surface area contributed by atoms with E-state index < -0.39 is 11.4 Å². The summed E-state index contributed by atoms with van der Waals surface area (Å²) in [6.45, 7) is 3.60. The number of aryl methyl sites for hydroxylation is 2. The van der Waals surface area contributed by atoms with E-state index in [4.69, 9.17) is 4.74 Å². The molecule has 3 rings (SSSR count). The van der Waals surface area contributed by atoms with E-state index in [9.17, 15) is 14.0 Å². The fourth-order valence-corrected chi connectivity index (χ4v) is 4.02. The number of nitrogens with one attached hydrogen (secondary N) is 1. The molecule has 1 fully saturated rings. The number of ether oxygens (including phenoxy) is 1. The van der Waals surface area contributed by atoms with Crippen molar-refractivity contribution in [1.29, 1.82) is 0 Å². The van der Waals surface area contributed by atoms with Crippen molar-refractivity contribution in [1.82, 2.24) is 0 Å². The number of rotatable bonds is 6. The molecule has 1 aliphatic carbocycles. The summed E-state index contributed by atoms with van der Waals surface area (Å²) in [5.74, 6) is -1.20. The van der Waals surface area contributed by atoms with Crippen LogP contribution < -0.4 is 5.32 Å². The predicted molar refractivity (Wildman–Crippen MR) is 107 cm³/mol. The van der Waals surface area contributed by atoms with Crippen molar-refractivity contribution < 1.29 is 18.7 Å². The number of benzene rings is 2. The van der Waals surface area contributed by atoms with E-state index >= 15 is 0 Å². The first kappa shape index (κ1) is 20.1. The highest BCUT2D eigenvalue weighted by Gasteiger charge is 2.44. The number of esters is 1. The van der Waals surface area contributed by atoms with Gasteiger partial charge in [-0.1, -0.05) is 50.1 Å². The molecular formula is C23H26FNO3. The summed E-state index contributed by atoms with van der Waals surface area (Å²) in [5.41, 5.74) is 2.53. The van der Waals surface area contributed by atoms with Crippen LogP contribution in [0.1, 0.15) is 49.3 Å². The summed E-state index contributed by atoms with van der Waals surface area (Å²) in [4.78, 5) is 25.3. The number of carbonyl (C=O) groups is 2. The molecule has 0 atom stereocenters. The lowest BCUT2D eigenvalue weighted by atomic mass is 9.79. The Morgan fingerprint density at radius 3 is 2.54 bits per heavy atom. The first-order chi connectivity index (χ1) is 13.5. The number of para-hydroxylation sites is 1. The zero-order valence-electron chi connectivity index (χ0n) is 16.4. The van der Waals surface area contributed by atoms with Gasteiger partial charge in [0.25, 0.3) is 5.91 Å². The summed E-state index contributed by atoms with van der Waals surface area (Å²) in [7, 11) is 0. The summed E-state index contributed by atoms with van der Waals surface area (Å²) in [6, 6.07) is 12.0. The van der Waals surface area contributed by atoms with Crippen LogP contribution in [0.15, 0.2) is 42.5 Å². The van der Waals surface area contributed by atoms with Crippen molar-refractivity contribution in [3.63, 3.8) is 0 Å². The molecule has 0 heterocycles. The van der Waals surface area contributed by atoms with Crippen molar-refractivity contribution in [2.45, 2.75) is 51.4 Å². The highest BCUT2D eigenvalue weighted by atomic mass is 19.1. The Balaban J connectivity index is 1.70. The molecule has 1 amide bonds. The van der Waals surface area contributed by atoms with Crippen molar-refractivity contribution in [3.8, 4) is 0 Å². The van der Waals surface area contributed by atoms with E-state index in [1.54, 1.807) is 12.1 Å². The van der Waals surface area contributed by atoms with Gasteiger partial charge in [0.1, 0.15) is 5.82 Å². The maximum absolute atomic E-state index is 13.7. The molecule has 0 saturated heterocycles. The molecule has 4 nitrogen and oxygen atoms in total. The van der Waals surface area contributed by atoms with Gasteiger partial charge in [-0.15, -0.1) is 0 Å². The van der Waals surface area contributed by atoms with Gasteiger partial charge in [-0.25, -0.2) is 4.39 Å². The van der Waals surface area contributed by atoms with Gasteiger partial charge in [0.2, 0.25) is 0 Å². The average Bonchev–Trinajstić information content (AvgIpc) is 3.19. The first-order valence-corrected chi connectivity index (χ1v) is 9.78. The molecule has 0 aromatic heterocycles. The standard InChI is InChI=1S/C23H26FNO3/c1-3-17-9-6-8-16(2)21(17)25-20(26)15-28-22(27)23(12-4-5-13-23)18-10-7-11-19(24)14-18/h6-11,14H,3-5,12-13,15H2,1-2H3,(H,25,26). The van der Waals surface area contributed by atoms with Crippen molar-refractivity contribution >= 4 is 17.6 Å². The second kappa shape index (κ2) is 8.55. The minimum Gasteiger partial charge on any atom is -0.455 e. The Bertz CT molecular complexity index is 872. The second-order valence-electron chi connectivity index (χ2n) is 7.39. The lowest BCUT2D eigenvalue weighted by Crippen LogP contribution is -2.36. The monoisotopic (exact) mass is 383 g/mol. The fourth-order valence-electron chi connectivity index (χ4n) is 4.02. The van der Waals surface area contributed by atoms with Crippen LogP contribution >= 0.6 is 0 Å². The maximum atomic E-state index is 13.7. The van der Waals surface area contributed by atoms with Gasteiger partial charge in [-0.2, -0.15) is 0 Å². The van der Waals surface area contributed by atoms with Crippen LogP contribution in [-0.4, -0.2) is 18.5 Å². The second-order valence-corrected chi connectivity index (χ2v) is 7.39. The molecule has 2 aromatic carbocycles. The molecule has 0 bridgehead atoms. The van der Waals surface area contributed by atoms with Gasteiger partial charge >= 0.3 is 5.97 Å². The third-order valence-corrected chi connectivity index (χ3v) is 5.56. The zero-order valence-corrected chi connectivity index (χ0v) is 16.4. The quantitative estimate of drug-likeness (QED) is 0.736. The normalized spacial score (nSPS) is 15.2. The van der Waals surface area contributed by atoms with Gasteiger partial charge in [0, 0.05) is 5.69 Å². The van der Waals surface area contributed by atoms with E-state index in [2.05, 4.69) is 5.32 Å². The molecule has 5 heteroatoms. The van der Waals surface area contributed by atoms with Crippen LogP contribution in [0.4, 0.5) is 10.1 Å². The van der Waals surface area contributed by atoms with Crippen molar-refractivity contribution in [3.05, 3.63) is 65.0 Å². The van der Waals surface area contributed by atoms with Crippen molar-refractivity contribution in [2.24, 2.45) is 0 Å². The number of amides is 1. The predicted octanol–water partition coefficient (Wildman–Crippen LogP) is 4.69. The average molecular weight is 383 g/mol. The topological polar surface area (TPSA) is 55.4 Å². The summed E-state index contributed by atoms with van der Waals surface area (Å²) >= 11 is 0. The third kappa shape index (κ3) is 4.08. The molecule has 1 N–H and O–H groups in total. The number of anilines is 1. The molecule has 0 radical (unpaired) electrons. The van der Waals surface area contributed by atoms with Crippen LogP contribution in [0.2, 0.25) is 0 Å². The third-order valence-electron chi connectivity index (χ3n) is 5.56. The van der Waals surface area contributed by atoms with Gasteiger partial charge in [-0.3, -0.25) is 9.59 Å². The van der Waals surface area contributed by atoms with E-state index in [1.807, 2.05) is 32.0 Å². The highest BCUT2D eigenvalue weighted by Crippen LogP contribution is 2.42. The Hall–Kier alpha value is -2.69. The van der Waals surface area contributed by atoms with Gasteiger partial charge < -0.3 is 10.1 Å². The number of hydrogen-bond acceptors (Lipinski definition) is 3. The number of halogens is 1. The largest absolute Gasteiger partial charge is 0.455 e. The van der Waals surface area contributed by atoms with Crippen LogP contribution in [0.5, 0.6) is 0 Å². The summed E-state index contributed by atoms with van der Waals surface area (Å²) in [5, 5.41) is 2.86. The fraction of sp³-hybridized carbons (Fsp3) is 0.391. The van der Waals surface area contributed by atoms with Crippen LogP contribution in [-0.2, 0) is 26.2 Å². The molecule has 1 aliphatic rings. The molecule has 0 aliphatic heterocycles. The van der Waals surface area contributed by atoms with Crippen molar-refractivity contribution in [2.75, 3.05) is 11.9 Å². The molecule has 1 saturated carbocycles. The lowest BCUT2D eigenvalue weighted by Gasteiger charge is -2.27. The SMILES string of the molecule is CCc1cccc(C)c1NC(=O)COC(=O)C1(c2cccc(F)c2)CCCC1. The van der Waals surface area contributed by atoms with E-state index in [0.29, 0.717) is 18.4 Å².